The van der Waals surface area contributed by atoms with Crippen LogP contribution >= 0.6 is 0 Å². The highest BCUT2D eigenvalue weighted by molar-refractivity contribution is 5.82. The number of rotatable bonds is 1. The highest BCUT2D eigenvalue weighted by Crippen LogP contribution is 2.40. The first kappa shape index (κ1) is 10.1. The Morgan fingerprint density at radius 1 is 1.00 bits per heavy atom. The molecule has 0 amide bonds. The predicted molar refractivity (Wildman–Crippen MR) is 70.3 cm³/mol. The minimum Gasteiger partial charge on any atom is -0.334 e. The van der Waals surface area contributed by atoms with Gasteiger partial charge in [-0.15, -0.1) is 0 Å². The fourth-order valence-corrected chi connectivity index (χ4v) is 2.16. The summed E-state index contributed by atoms with van der Waals surface area (Å²) in [4.78, 5) is 8.62. The van der Waals surface area contributed by atoms with Crippen LogP contribution in [0.3, 0.4) is 0 Å². The normalized spacial score (nSPS) is 14.0. The van der Waals surface area contributed by atoms with Crippen molar-refractivity contribution >= 4 is 17.2 Å². The summed E-state index contributed by atoms with van der Waals surface area (Å²) >= 11 is 0. The standard InChI is InChI=1S/C14H14N3/c1-11-6-3-4-7-12(11)17-10-16(2)14-13(17)8-5-9-15-14/h3-10H,1-2H3. The first-order valence-electron chi connectivity index (χ1n) is 5.65. The zero-order valence-electron chi connectivity index (χ0n) is 9.96. The third-order valence-electron chi connectivity index (χ3n) is 3.02. The molecule has 1 radical (unpaired) electrons. The van der Waals surface area contributed by atoms with Gasteiger partial charge in [0, 0.05) is 18.9 Å². The molecule has 0 atom stereocenters. The number of nitrogens with zero attached hydrogens (tertiary/aromatic N) is 3. The second kappa shape index (κ2) is 3.77. The van der Waals surface area contributed by atoms with Crippen LogP contribution in [0.25, 0.3) is 0 Å². The van der Waals surface area contributed by atoms with Crippen molar-refractivity contribution in [2.45, 2.75) is 6.92 Å². The molecule has 2 aromatic rings. The zero-order chi connectivity index (χ0) is 11.8. The molecule has 0 saturated carbocycles. The van der Waals surface area contributed by atoms with Crippen LogP contribution in [0.15, 0.2) is 42.6 Å². The zero-order valence-corrected chi connectivity index (χ0v) is 9.96. The quantitative estimate of drug-likeness (QED) is 0.742. The van der Waals surface area contributed by atoms with Gasteiger partial charge in [0.05, 0.1) is 5.69 Å². The Kier molecular flexibility index (Phi) is 2.25. The highest BCUT2D eigenvalue weighted by atomic mass is 15.4. The Morgan fingerprint density at radius 2 is 1.76 bits per heavy atom. The summed E-state index contributed by atoms with van der Waals surface area (Å²) in [5.74, 6) is 0.996. The van der Waals surface area contributed by atoms with E-state index in [1.165, 1.54) is 11.3 Å². The Hall–Kier alpha value is -2.03. The molecule has 2 heterocycles. The van der Waals surface area contributed by atoms with Crippen molar-refractivity contribution in [1.29, 1.82) is 0 Å². The molecule has 3 rings (SSSR count). The van der Waals surface area contributed by atoms with E-state index in [9.17, 15) is 0 Å². The summed E-state index contributed by atoms with van der Waals surface area (Å²) in [7, 11) is 2.02. The van der Waals surface area contributed by atoms with Gasteiger partial charge in [-0.05, 0) is 30.7 Å². The topological polar surface area (TPSA) is 19.4 Å². The van der Waals surface area contributed by atoms with Gasteiger partial charge in [-0.2, -0.15) is 0 Å². The first-order chi connectivity index (χ1) is 8.27. The van der Waals surface area contributed by atoms with E-state index in [4.69, 9.17) is 0 Å². The van der Waals surface area contributed by atoms with E-state index in [1.54, 1.807) is 0 Å². The number of anilines is 3. The molecule has 0 fully saturated rings. The van der Waals surface area contributed by atoms with Gasteiger partial charge in [0.15, 0.2) is 5.82 Å². The van der Waals surface area contributed by atoms with E-state index >= 15 is 0 Å². The number of aromatic nitrogens is 1. The van der Waals surface area contributed by atoms with Crippen LogP contribution < -0.4 is 9.80 Å². The Labute approximate surface area is 101 Å². The minimum absolute atomic E-state index is 0.996. The van der Waals surface area contributed by atoms with Gasteiger partial charge < -0.3 is 9.80 Å². The molecule has 1 aromatic carbocycles. The summed E-state index contributed by atoms with van der Waals surface area (Å²) in [5.41, 5.74) is 3.59. The van der Waals surface area contributed by atoms with Crippen molar-refractivity contribution in [3.8, 4) is 0 Å². The molecule has 3 heteroatoms. The molecule has 0 aliphatic carbocycles. The summed E-state index contributed by atoms with van der Waals surface area (Å²) in [5, 5.41) is 0. The van der Waals surface area contributed by atoms with Crippen LogP contribution in [0.1, 0.15) is 5.56 Å². The molecule has 0 unspecified atom stereocenters. The Bertz CT molecular complexity index is 551. The number of fused-ring (bicyclic) bond motifs is 1. The van der Waals surface area contributed by atoms with Gasteiger partial charge in [0.25, 0.3) is 0 Å². The van der Waals surface area contributed by atoms with Gasteiger partial charge in [-0.1, -0.05) is 18.2 Å². The minimum atomic E-state index is 0.996. The molecule has 1 aromatic heterocycles. The van der Waals surface area contributed by atoms with Gasteiger partial charge in [-0.25, -0.2) is 4.98 Å². The fraction of sp³-hybridized carbons (Fsp3) is 0.143. The highest BCUT2D eigenvalue weighted by Gasteiger charge is 2.26. The fourth-order valence-electron chi connectivity index (χ4n) is 2.16. The van der Waals surface area contributed by atoms with Gasteiger partial charge >= 0.3 is 0 Å². The lowest BCUT2D eigenvalue weighted by molar-refractivity contribution is 1.05. The van der Waals surface area contributed by atoms with Crippen LogP contribution in [-0.2, 0) is 0 Å². The number of para-hydroxylation sites is 1. The van der Waals surface area contributed by atoms with Crippen molar-refractivity contribution < 1.29 is 0 Å². The molecule has 3 nitrogen and oxygen atoms in total. The van der Waals surface area contributed by atoms with Crippen molar-refractivity contribution in [2.24, 2.45) is 0 Å². The van der Waals surface area contributed by atoms with Crippen LogP contribution in [0.2, 0.25) is 0 Å². The van der Waals surface area contributed by atoms with Crippen molar-refractivity contribution in [1.82, 2.24) is 4.98 Å². The molecule has 0 N–H and O–H groups in total. The molecule has 0 saturated heterocycles. The van der Waals surface area contributed by atoms with Crippen LogP contribution in [-0.4, -0.2) is 12.0 Å². The van der Waals surface area contributed by atoms with E-state index in [1.807, 2.05) is 24.2 Å². The maximum atomic E-state index is 4.40. The van der Waals surface area contributed by atoms with E-state index in [0.717, 1.165) is 11.5 Å². The summed E-state index contributed by atoms with van der Waals surface area (Å²) in [6.45, 7) is 4.19. The second-order valence-corrected chi connectivity index (χ2v) is 4.23. The molecule has 0 bridgehead atoms. The number of pyridine rings is 1. The maximum absolute atomic E-state index is 4.40. The number of hydrogen-bond acceptors (Lipinski definition) is 3. The average Bonchev–Trinajstić information content (AvgIpc) is 2.68. The van der Waals surface area contributed by atoms with Crippen LogP contribution in [0.5, 0.6) is 0 Å². The van der Waals surface area contributed by atoms with Gasteiger partial charge in [-0.3, -0.25) is 0 Å². The monoisotopic (exact) mass is 224 g/mol. The SMILES string of the molecule is Cc1ccccc1N1[CH]N(C)c2ncccc21. The van der Waals surface area contributed by atoms with Crippen molar-refractivity contribution in [3.63, 3.8) is 0 Å². The lowest BCUT2D eigenvalue weighted by atomic mass is 10.2. The van der Waals surface area contributed by atoms with E-state index in [-0.39, 0.29) is 0 Å². The average molecular weight is 224 g/mol. The summed E-state index contributed by atoms with van der Waals surface area (Å²) in [6.07, 6.45) is 1.82. The van der Waals surface area contributed by atoms with E-state index in [0.29, 0.717) is 0 Å². The molecular weight excluding hydrogens is 210 g/mol. The Morgan fingerprint density at radius 3 is 2.59 bits per heavy atom. The second-order valence-electron chi connectivity index (χ2n) is 4.23. The lowest BCUT2D eigenvalue weighted by Crippen LogP contribution is -2.18. The largest absolute Gasteiger partial charge is 0.334 e. The number of aryl methyl sites for hydroxylation is 1. The van der Waals surface area contributed by atoms with E-state index < -0.39 is 0 Å². The van der Waals surface area contributed by atoms with E-state index in [2.05, 4.69) is 53.8 Å². The van der Waals surface area contributed by atoms with Gasteiger partial charge in [0.2, 0.25) is 0 Å². The third-order valence-corrected chi connectivity index (χ3v) is 3.02. The van der Waals surface area contributed by atoms with Crippen molar-refractivity contribution in [2.75, 3.05) is 16.8 Å². The van der Waals surface area contributed by atoms with Gasteiger partial charge in [0.1, 0.15) is 6.67 Å². The Balaban J connectivity index is 2.11. The summed E-state index contributed by atoms with van der Waals surface area (Å²) in [6, 6.07) is 12.4. The molecule has 0 spiro atoms. The molecule has 1 aliphatic rings. The maximum Gasteiger partial charge on any atom is 0.154 e. The molecule has 17 heavy (non-hydrogen) atoms. The number of benzene rings is 1. The van der Waals surface area contributed by atoms with Crippen LogP contribution in [0.4, 0.5) is 17.2 Å². The molecular formula is C14H14N3. The van der Waals surface area contributed by atoms with Crippen molar-refractivity contribution in [3.05, 3.63) is 54.8 Å². The number of hydrogen-bond donors (Lipinski definition) is 0. The van der Waals surface area contributed by atoms with Crippen LogP contribution in [0, 0.1) is 13.6 Å². The molecule has 1 aliphatic heterocycles. The first-order valence-corrected chi connectivity index (χ1v) is 5.65. The lowest BCUT2D eigenvalue weighted by Gasteiger charge is -2.20. The third kappa shape index (κ3) is 1.55. The summed E-state index contributed by atoms with van der Waals surface area (Å²) < 4.78 is 0. The predicted octanol–water partition coefficient (Wildman–Crippen LogP) is 3.10. The smallest absolute Gasteiger partial charge is 0.154 e. The molecule has 85 valence electrons.